The van der Waals surface area contributed by atoms with E-state index in [1.807, 2.05) is 0 Å². The molecule has 0 saturated carbocycles. The Kier molecular flexibility index (Phi) is 21.9. The van der Waals surface area contributed by atoms with Gasteiger partial charge in [-0.25, -0.2) is 0 Å². The number of carbonyl (C=O) groups is 1. The minimum atomic E-state index is -0.0879. The third-order valence-electron chi connectivity index (χ3n) is 4.54. The second kappa shape index (κ2) is 22.4. The predicted octanol–water partition coefficient (Wildman–Crippen LogP) is 5.64. The molecule has 0 aliphatic rings. The molecule has 26 heavy (non-hydrogen) atoms. The Balaban J connectivity index is 3.12. The first kappa shape index (κ1) is 25.4. The lowest BCUT2D eigenvalue weighted by Gasteiger charge is -2.07. The predicted molar refractivity (Wildman–Crippen MR) is 111 cm³/mol. The van der Waals surface area contributed by atoms with E-state index in [0.29, 0.717) is 26.2 Å². The molecule has 0 aromatic rings. The summed E-state index contributed by atoms with van der Waals surface area (Å²) in [5.41, 5.74) is 0. The van der Waals surface area contributed by atoms with Crippen LogP contribution in [0.5, 0.6) is 0 Å². The number of hydrogen-bond acceptors (Lipinski definition) is 4. The number of ether oxygens (including phenoxy) is 2. The highest BCUT2D eigenvalue weighted by Crippen LogP contribution is 2.11. The Labute approximate surface area is 162 Å². The third kappa shape index (κ3) is 21.4. The molecule has 0 fully saturated rings. The molecule has 4 nitrogen and oxygen atoms in total. The van der Waals surface area contributed by atoms with Crippen LogP contribution in [0.3, 0.4) is 0 Å². The highest BCUT2D eigenvalue weighted by molar-refractivity contribution is 5.69. The number of nitrogens with one attached hydrogen (secondary N) is 1. The van der Waals surface area contributed by atoms with Crippen molar-refractivity contribution < 1.29 is 14.3 Å². The fourth-order valence-electron chi connectivity index (χ4n) is 2.91. The molecule has 0 bridgehead atoms. The lowest BCUT2D eigenvalue weighted by molar-refractivity contribution is -0.143. The summed E-state index contributed by atoms with van der Waals surface area (Å²) in [6, 6.07) is 0. The molecule has 0 saturated heterocycles. The number of esters is 1. The number of rotatable bonds is 21. The second-order valence-corrected chi connectivity index (χ2v) is 7.22. The van der Waals surface area contributed by atoms with Crippen molar-refractivity contribution >= 4 is 5.97 Å². The average molecular weight is 372 g/mol. The minimum absolute atomic E-state index is 0.0879. The van der Waals surface area contributed by atoms with Crippen LogP contribution >= 0.6 is 0 Å². The van der Waals surface area contributed by atoms with Gasteiger partial charge in [0.15, 0.2) is 0 Å². The van der Waals surface area contributed by atoms with Gasteiger partial charge in [0.2, 0.25) is 0 Å². The van der Waals surface area contributed by atoms with Gasteiger partial charge in [-0.3, -0.25) is 4.79 Å². The highest BCUT2D eigenvalue weighted by atomic mass is 16.5. The van der Waals surface area contributed by atoms with Gasteiger partial charge in [-0.15, -0.1) is 0 Å². The average Bonchev–Trinajstić information content (AvgIpc) is 2.64. The van der Waals surface area contributed by atoms with E-state index in [0.717, 1.165) is 26.0 Å². The van der Waals surface area contributed by atoms with Crippen LogP contribution in [-0.4, -0.2) is 38.9 Å². The molecule has 0 spiro atoms. The maximum atomic E-state index is 11.6. The maximum absolute atomic E-state index is 11.6. The molecule has 0 atom stereocenters. The molecule has 0 aromatic heterocycles. The van der Waals surface area contributed by atoms with E-state index in [1.54, 1.807) is 0 Å². The lowest BCUT2D eigenvalue weighted by Crippen LogP contribution is -2.23. The van der Waals surface area contributed by atoms with Crippen molar-refractivity contribution in [3.8, 4) is 0 Å². The van der Waals surface area contributed by atoms with E-state index in [-0.39, 0.29) is 5.97 Å². The summed E-state index contributed by atoms with van der Waals surface area (Å²) in [5.74, 6) is -0.0879. The van der Waals surface area contributed by atoms with Crippen molar-refractivity contribution in [1.29, 1.82) is 0 Å². The summed E-state index contributed by atoms with van der Waals surface area (Å²) in [6.07, 6.45) is 17.4. The number of unbranched alkanes of at least 4 members (excludes halogenated alkanes) is 11. The van der Waals surface area contributed by atoms with Gasteiger partial charge >= 0.3 is 5.97 Å². The summed E-state index contributed by atoms with van der Waals surface area (Å²) in [5, 5.41) is 3.20. The van der Waals surface area contributed by atoms with Gasteiger partial charge in [0.05, 0.1) is 19.6 Å². The van der Waals surface area contributed by atoms with Gasteiger partial charge in [0, 0.05) is 19.7 Å². The standard InChI is InChI=1S/C22H45NO3/c1-3-5-6-7-8-9-10-11-12-13-14-15-20-26-22(24)16-17-23-18-21-25-19-4-2/h23H,3-21H2,1-2H3. The maximum Gasteiger partial charge on any atom is 0.307 e. The summed E-state index contributed by atoms with van der Waals surface area (Å²) in [4.78, 5) is 11.6. The number of hydrogen-bond donors (Lipinski definition) is 1. The first-order valence-corrected chi connectivity index (χ1v) is 11.2. The summed E-state index contributed by atoms with van der Waals surface area (Å²) < 4.78 is 10.6. The van der Waals surface area contributed by atoms with Gasteiger partial charge in [0.25, 0.3) is 0 Å². The normalized spacial score (nSPS) is 11.0. The van der Waals surface area contributed by atoms with Crippen LogP contribution in [0.2, 0.25) is 0 Å². The molecular formula is C22H45NO3. The first-order valence-electron chi connectivity index (χ1n) is 11.2. The van der Waals surface area contributed by atoms with E-state index < -0.39 is 0 Å². The van der Waals surface area contributed by atoms with Crippen LogP contribution in [-0.2, 0) is 14.3 Å². The molecular weight excluding hydrogens is 326 g/mol. The van der Waals surface area contributed by atoms with Crippen LogP contribution in [0.4, 0.5) is 0 Å². The van der Waals surface area contributed by atoms with Crippen LogP contribution < -0.4 is 5.32 Å². The van der Waals surface area contributed by atoms with Crippen LogP contribution in [0.1, 0.15) is 104 Å². The molecule has 0 amide bonds. The quantitative estimate of drug-likeness (QED) is 0.210. The molecule has 1 N–H and O–H groups in total. The minimum Gasteiger partial charge on any atom is -0.466 e. The summed E-state index contributed by atoms with van der Waals surface area (Å²) in [6.45, 7) is 7.93. The lowest BCUT2D eigenvalue weighted by atomic mass is 10.1. The van der Waals surface area contributed by atoms with E-state index >= 15 is 0 Å². The zero-order valence-corrected chi connectivity index (χ0v) is 17.7. The van der Waals surface area contributed by atoms with E-state index in [1.165, 1.54) is 70.6 Å². The molecule has 0 rings (SSSR count). The fraction of sp³-hybridized carbons (Fsp3) is 0.955. The van der Waals surface area contributed by atoms with Crippen molar-refractivity contribution in [1.82, 2.24) is 5.32 Å². The van der Waals surface area contributed by atoms with Crippen LogP contribution in [0.15, 0.2) is 0 Å². The fourth-order valence-corrected chi connectivity index (χ4v) is 2.91. The largest absolute Gasteiger partial charge is 0.466 e. The van der Waals surface area contributed by atoms with Crippen molar-refractivity contribution in [2.24, 2.45) is 0 Å². The van der Waals surface area contributed by atoms with Gasteiger partial charge in [-0.2, -0.15) is 0 Å². The highest BCUT2D eigenvalue weighted by Gasteiger charge is 2.02. The molecule has 0 radical (unpaired) electrons. The van der Waals surface area contributed by atoms with E-state index in [9.17, 15) is 4.79 Å². The molecule has 0 aromatic carbocycles. The monoisotopic (exact) mass is 371 g/mol. The molecule has 0 aliphatic heterocycles. The zero-order chi connectivity index (χ0) is 19.1. The zero-order valence-electron chi connectivity index (χ0n) is 17.7. The van der Waals surface area contributed by atoms with E-state index in [2.05, 4.69) is 19.2 Å². The SMILES string of the molecule is CCCCCCCCCCCCCCOC(=O)CCNCCOCCC. The Bertz CT molecular complexity index is 285. The van der Waals surface area contributed by atoms with Crippen molar-refractivity contribution in [3.63, 3.8) is 0 Å². The van der Waals surface area contributed by atoms with Gasteiger partial charge < -0.3 is 14.8 Å². The van der Waals surface area contributed by atoms with Gasteiger partial charge in [0.1, 0.15) is 0 Å². The Hall–Kier alpha value is -0.610. The molecule has 4 heteroatoms. The van der Waals surface area contributed by atoms with E-state index in [4.69, 9.17) is 9.47 Å². The Morgan fingerprint density at radius 2 is 1.23 bits per heavy atom. The summed E-state index contributed by atoms with van der Waals surface area (Å²) in [7, 11) is 0. The van der Waals surface area contributed by atoms with Crippen molar-refractivity contribution in [2.75, 3.05) is 32.9 Å². The van der Waals surface area contributed by atoms with Crippen LogP contribution in [0, 0.1) is 0 Å². The van der Waals surface area contributed by atoms with Crippen LogP contribution in [0.25, 0.3) is 0 Å². The third-order valence-corrected chi connectivity index (χ3v) is 4.54. The molecule has 0 unspecified atom stereocenters. The Morgan fingerprint density at radius 1 is 0.654 bits per heavy atom. The Morgan fingerprint density at radius 3 is 1.81 bits per heavy atom. The van der Waals surface area contributed by atoms with Crippen molar-refractivity contribution in [3.05, 3.63) is 0 Å². The smallest absolute Gasteiger partial charge is 0.307 e. The van der Waals surface area contributed by atoms with Gasteiger partial charge in [-0.05, 0) is 12.8 Å². The second-order valence-electron chi connectivity index (χ2n) is 7.22. The summed E-state index contributed by atoms with van der Waals surface area (Å²) >= 11 is 0. The topological polar surface area (TPSA) is 47.6 Å². The van der Waals surface area contributed by atoms with Gasteiger partial charge in [-0.1, -0.05) is 84.5 Å². The molecule has 0 aliphatic carbocycles. The molecule has 156 valence electrons. The van der Waals surface area contributed by atoms with Crippen molar-refractivity contribution in [2.45, 2.75) is 104 Å². The molecule has 0 heterocycles. The number of carbonyl (C=O) groups excluding carboxylic acids is 1. The first-order chi connectivity index (χ1) is 12.8.